The number of ether oxygens (including phenoxy) is 2. The summed E-state index contributed by atoms with van der Waals surface area (Å²) < 4.78 is 11.4. The maximum absolute atomic E-state index is 12.6. The number of allylic oxidation sites excluding steroid dienone is 2. The summed E-state index contributed by atoms with van der Waals surface area (Å²) in [6, 6.07) is 7.71. The molecule has 1 atom stereocenters. The molecule has 5 nitrogen and oxygen atoms in total. The van der Waals surface area contributed by atoms with Crippen LogP contribution in [0.3, 0.4) is 0 Å². The largest absolute Gasteiger partial charge is 0.444 e. The zero-order valence-electron chi connectivity index (χ0n) is 17.7. The first-order valence-corrected chi connectivity index (χ1v) is 9.98. The van der Waals surface area contributed by atoms with Crippen LogP contribution in [-0.2, 0) is 15.9 Å². The summed E-state index contributed by atoms with van der Waals surface area (Å²) in [4.78, 5) is 25.2. The molecule has 0 N–H and O–H groups in total. The number of hydrogen-bond acceptors (Lipinski definition) is 4. The lowest BCUT2D eigenvalue weighted by Crippen LogP contribution is -2.49. The van der Waals surface area contributed by atoms with Crippen molar-refractivity contribution in [3.05, 3.63) is 47.5 Å². The molecule has 1 saturated heterocycles. The smallest absolute Gasteiger partial charge is 0.412 e. The molecule has 0 radical (unpaired) electrons. The Morgan fingerprint density at radius 3 is 2.68 bits per heavy atom. The molecule has 1 amide bonds. The molecule has 1 aliphatic heterocycles. The van der Waals surface area contributed by atoms with Gasteiger partial charge in [-0.15, -0.1) is 0 Å². The van der Waals surface area contributed by atoms with E-state index in [-0.39, 0.29) is 12.1 Å². The van der Waals surface area contributed by atoms with E-state index in [0.717, 1.165) is 37.5 Å². The number of carbonyl (C=O) groups is 2. The molecular weight excluding hydrogens is 354 g/mol. The fourth-order valence-corrected chi connectivity index (χ4v) is 3.37. The van der Waals surface area contributed by atoms with E-state index in [1.807, 2.05) is 58.9 Å². The molecule has 1 heterocycles. The summed E-state index contributed by atoms with van der Waals surface area (Å²) in [5.74, 6) is 0. The normalized spacial score (nSPS) is 19.2. The van der Waals surface area contributed by atoms with E-state index in [2.05, 4.69) is 12.2 Å². The first kappa shape index (κ1) is 22.2. The molecule has 0 unspecified atom stereocenters. The number of aldehydes is 1. The van der Waals surface area contributed by atoms with Gasteiger partial charge in [-0.2, -0.15) is 0 Å². The first-order chi connectivity index (χ1) is 13.1. The van der Waals surface area contributed by atoms with Crippen LogP contribution in [0.1, 0.15) is 69.8 Å². The maximum atomic E-state index is 12.6. The van der Waals surface area contributed by atoms with E-state index in [9.17, 15) is 9.59 Å². The highest BCUT2D eigenvalue weighted by Crippen LogP contribution is 2.31. The number of nitrogens with zero attached hydrogens (tertiary/aromatic N) is 1. The van der Waals surface area contributed by atoms with Crippen LogP contribution in [0.4, 0.5) is 4.79 Å². The van der Waals surface area contributed by atoms with Crippen molar-refractivity contribution in [1.29, 1.82) is 0 Å². The van der Waals surface area contributed by atoms with Gasteiger partial charge < -0.3 is 9.47 Å². The van der Waals surface area contributed by atoms with E-state index in [1.165, 1.54) is 0 Å². The lowest BCUT2D eigenvalue weighted by atomic mass is 10.1. The van der Waals surface area contributed by atoms with Crippen LogP contribution < -0.4 is 0 Å². The van der Waals surface area contributed by atoms with E-state index in [0.29, 0.717) is 12.2 Å². The van der Waals surface area contributed by atoms with Crippen molar-refractivity contribution >= 4 is 12.4 Å². The molecule has 5 heteroatoms. The third-order valence-electron chi connectivity index (χ3n) is 4.68. The Morgan fingerprint density at radius 2 is 2.00 bits per heavy atom. The van der Waals surface area contributed by atoms with Crippen LogP contribution >= 0.6 is 0 Å². The van der Waals surface area contributed by atoms with Gasteiger partial charge in [0.2, 0.25) is 0 Å². The number of amides is 1. The van der Waals surface area contributed by atoms with E-state index >= 15 is 0 Å². The summed E-state index contributed by atoms with van der Waals surface area (Å²) in [5, 5.41) is 0. The molecule has 2 rings (SSSR count). The van der Waals surface area contributed by atoms with Gasteiger partial charge in [-0.1, -0.05) is 30.4 Å². The molecule has 0 bridgehead atoms. The zero-order valence-corrected chi connectivity index (χ0v) is 17.7. The molecule has 1 aromatic carbocycles. The SMILES string of the molecule is CC(C)(C)OC(=O)N1[C@@H](CC/C=C/CCc2cccc(C=O)c2)COC1(C)C. The summed E-state index contributed by atoms with van der Waals surface area (Å²) >= 11 is 0. The first-order valence-electron chi connectivity index (χ1n) is 9.98. The maximum Gasteiger partial charge on any atom is 0.412 e. The standard InChI is InChI=1S/C23H33NO4/c1-22(2,3)28-21(26)24-20(17-27-23(24,4)5)14-9-7-6-8-11-18-12-10-13-19(15-18)16-25/h6-7,10,12-13,15-16,20H,8-9,11,14,17H2,1-5H3/b7-6+/t20-/m0/s1. The summed E-state index contributed by atoms with van der Waals surface area (Å²) in [7, 11) is 0. The summed E-state index contributed by atoms with van der Waals surface area (Å²) in [6.45, 7) is 9.95. The van der Waals surface area contributed by atoms with Crippen LogP contribution in [0.25, 0.3) is 0 Å². The molecule has 1 aromatic rings. The lowest BCUT2D eigenvalue weighted by molar-refractivity contribution is -0.0626. The summed E-state index contributed by atoms with van der Waals surface area (Å²) in [5.41, 5.74) is 0.700. The second kappa shape index (κ2) is 9.37. The van der Waals surface area contributed by atoms with Gasteiger partial charge >= 0.3 is 6.09 Å². The number of carbonyl (C=O) groups excluding carboxylic acids is 2. The predicted octanol–water partition coefficient (Wildman–Crippen LogP) is 5.14. The van der Waals surface area contributed by atoms with Crippen molar-refractivity contribution < 1.29 is 19.1 Å². The van der Waals surface area contributed by atoms with Gasteiger partial charge in [-0.05, 0) is 71.9 Å². The minimum atomic E-state index is -0.652. The van der Waals surface area contributed by atoms with Crippen LogP contribution in [-0.4, -0.2) is 41.3 Å². The number of rotatable bonds is 7. The Bertz CT molecular complexity index is 703. The minimum Gasteiger partial charge on any atom is -0.444 e. The summed E-state index contributed by atoms with van der Waals surface area (Å²) in [6.07, 6.45) is 8.40. The minimum absolute atomic E-state index is 0.0128. The Balaban J connectivity index is 1.82. The third kappa shape index (κ3) is 6.48. The Morgan fingerprint density at radius 1 is 1.29 bits per heavy atom. The van der Waals surface area contributed by atoms with Gasteiger partial charge in [-0.25, -0.2) is 4.79 Å². The molecular formula is C23H33NO4. The molecule has 28 heavy (non-hydrogen) atoms. The van der Waals surface area contributed by atoms with Crippen LogP contribution in [0.15, 0.2) is 36.4 Å². The van der Waals surface area contributed by atoms with Crippen molar-refractivity contribution in [2.24, 2.45) is 0 Å². The van der Waals surface area contributed by atoms with Gasteiger partial charge in [-0.3, -0.25) is 9.69 Å². The zero-order chi connectivity index (χ0) is 20.8. The van der Waals surface area contributed by atoms with Crippen molar-refractivity contribution in [1.82, 2.24) is 4.90 Å². The van der Waals surface area contributed by atoms with Crippen molar-refractivity contribution in [2.75, 3.05) is 6.61 Å². The molecule has 1 aliphatic rings. The second-order valence-corrected chi connectivity index (χ2v) is 8.71. The van der Waals surface area contributed by atoms with Gasteiger partial charge in [0.25, 0.3) is 0 Å². The topological polar surface area (TPSA) is 55.8 Å². The van der Waals surface area contributed by atoms with E-state index < -0.39 is 11.3 Å². The average molecular weight is 388 g/mol. The van der Waals surface area contributed by atoms with E-state index in [1.54, 1.807) is 4.90 Å². The van der Waals surface area contributed by atoms with Crippen LogP contribution in [0.5, 0.6) is 0 Å². The monoisotopic (exact) mass is 387 g/mol. The van der Waals surface area contributed by atoms with Gasteiger partial charge in [0, 0.05) is 5.56 Å². The van der Waals surface area contributed by atoms with Gasteiger partial charge in [0.15, 0.2) is 0 Å². The average Bonchev–Trinajstić information content (AvgIpc) is 2.91. The number of benzene rings is 1. The fraction of sp³-hybridized carbons (Fsp3) is 0.565. The highest BCUT2D eigenvalue weighted by molar-refractivity contribution is 5.74. The molecule has 0 spiro atoms. The molecule has 0 aliphatic carbocycles. The van der Waals surface area contributed by atoms with Gasteiger partial charge in [0.05, 0.1) is 12.6 Å². The van der Waals surface area contributed by atoms with E-state index in [4.69, 9.17) is 9.47 Å². The van der Waals surface area contributed by atoms with Crippen molar-refractivity contribution in [2.45, 2.75) is 77.7 Å². The predicted molar refractivity (Wildman–Crippen MR) is 110 cm³/mol. The second-order valence-electron chi connectivity index (χ2n) is 8.71. The highest BCUT2D eigenvalue weighted by atomic mass is 16.6. The third-order valence-corrected chi connectivity index (χ3v) is 4.68. The molecule has 1 fully saturated rings. The van der Waals surface area contributed by atoms with Crippen molar-refractivity contribution in [3.63, 3.8) is 0 Å². The van der Waals surface area contributed by atoms with Crippen LogP contribution in [0.2, 0.25) is 0 Å². The molecule has 0 aromatic heterocycles. The fourth-order valence-electron chi connectivity index (χ4n) is 3.37. The number of aryl methyl sites for hydroxylation is 1. The Labute approximate surface area is 168 Å². The number of hydrogen-bond donors (Lipinski definition) is 0. The van der Waals surface area contributed by atoms with Crippen molar-refractivity contribution in [3.8, 4) is 0 Å². The highest BCUT2D eigenvalue weighted by Gasteiger charge is 2.45. The Hall–Kier alpha value is -2.14. The van der Waals surface area contributed by atoms with Gasteiger partial charge in [0.1, 0.15) is 17.6 Å². The Kier molecular flexibility index (Phi) is 7.41. The molecule has 0 saturated carbocycles. The lowest BCUT2D eigenvalue weighted by Gasteiger charge is -2.35. The van der Waals surface area contributed by atoms with Crippen LogP contribution in [0, 0.1) is 0 Å². The quantitative estimate of drug-likeness (QED) is 0.480. The molecule has 154 valence electrons.